The Morgan fingerprint density at radius 1 is 1.37 bits per heavy atom. The van der Waals surface area contributed by atoms with Crippen molar-refractivity contribution in [2.45, 2.75) is 45.1 Å². The molecule has 1 fully saturated rings. The summed E-state index contributed by atoms with van der Waals surface area (Å²) in [5.41, 5.74) is 2.73. The van der Waals surface area contributed by atoms with E-state index in [0.717, 1.165) is 32.4 Å². The molecule has 1 aliphatic rings. The van der Waals surface area contributed by atoms with Gasteiger partial charge in [-0.05, 0) is 42.9 Å². The van der Waals surface area contributed by atoms with Crippen LogP contribution < -0.4 is 10.6 Å². The number of nitrogens with one attached hydrogen (secondary N) is 2. The van der Waals surface area contributed by atoms with E-state index in [-0.39, 0.29) is 11.9 Å². The topological polar surface area (TPSA) is 41.1 Å². The van der Waals surface area contributed by atoms with E-state index in [0.29, 0.717) is 5.92 Å². The molecule has 0 radical (unpaired) electrons. The maximum absolute atomic E-state index is 11.6. The largest absolute Gasteiger partial charge is 0.355 e. The molecule has 3 nitrogen and oxygen atoms in total. The number of hydrogen-bond donors (Lipinski definition) is 2. The van der Waals surface area contributed by atoms with Gasteiger partial charge in [-0.1, -0.05) is 38.1 Å². The molecule has 0 saturated carbocycles. The van der Waals surface area contributed by atoms with Crippen LogP contribution >= 0.6 is 0 Å². The standard InChI is InChI=1S/C16H24N2O/c1-12(2)14-7-5-13(6-8-14)4-3-10-18-16(19)15-9-11-17-15/h5-8,12,15,17H,3-4,9-11H2,1-2H3,(H,18,19). The van der Waals surface area contributed by atoms with Crippen LogP contribution in [-0.4, -0.2) is 25.0 Å². The molecular formula is C16H24N2O. The summed E-state index contributed by atoms with van der Waals surface area (Å²) < 4.78 is 0. The number of carbonyl (C=O) groups is 1. The fourth-order valence-electron chi connectivity index (χ4n) is 2.21. The maximum Gasteiger partial charge on any atom is 0.237 e. The van der Waals surface area contributed by atoms with E-state index < -0.39 is 0 Å². The summed E-state index contributed by atoms with van der Waals surface area (Å²) in [6.07, 6.45) is 3.00. The molecule has 1 aliphatic heterocycles. The minimum absolute atomic E-state index is 0.0605. The van der Waals surface area contributed by atoms with E-state index in [1.54, 1.807) is 0 Å². The van der Waals surface area contributed by atoms with Crippen molar-refractivity contribution < 1.29 is 4.79 Å². The van der Waals surface area contributed by atoms with Gasteiger partial charge in [-0.2, -0.15) is 0 Å². The SMILES string of the molecule is CC(C)c1ccc(CCCNC(=O)C2CCN2)cc1. The zero-order chi connectivity index (χ0) is 13.7. The normalized spacial score (nSPS) is 18.2. The predicted molar refractivity (Wildman–Crippen MR) is 78.3 cm³/mol. The van der Waals surface area contributed by atoms with Crippen LogP contribution in [0.5, 0.6) is 0 Å². The van der Waals surface area contributed by atoms with Crippen molar-refractivity contribution in [1.82, 2.24) is 10.6 Å². The molecule has 2 rings (SSSR count). The summed E-state index contributed by atoms with van der Waals surface area (Å²) in [5, 5.41) is 6.09. The highest BCUT2D eigenvalue weighted by atomic mass is 16.2. The summed E-state index contributed by atoms with van der Waals surface area (Å²) >= 11 is 0. The second kappa shape index (κ2) is 6.71. The Kier molecular flexibility index (Phi) is 4.97. The van der Waals surface area contributed by atoms with Gasteiger partial charge in [0.2, 0.25) is 5.91 Å². The van der Waals surface area contributed by atoms with Crippen molar-refractivity contribution in [2.24, 2.45) is 0 Å². The van der Waals surface area contributed by atoms with Crippen molar-refractivity contribution in [3.8, 4) is 0 Å². The summed E-state index contributed by atoms with van der Waals surface area (Å²) in [7, 11) is 0. The third-order valence-corrected chi connectivity index (χ3v) is 3.73. The number of amides is 1. The zero-order valence-electron chi connectivity index (χ0n) is 11.9. The lowest BCUT2D eigenvalue weighted by molar-refractivity contribution is -0.124. The van der Waals surface area contributed by atoms with Gasteiger partial charge in [-0.15, -0.1) is 0 Å². The fraction of sp³-hybridized carbons (Fsp3) is 0.562. The second-order valence-corrected chi connectivity index (χ2v) is 5.59. The first-order chi connectivity index (χ1) is 9.16. The van der Waals surface area contributed by atoms with Crippen molar-refractivity contribution >= 4 is 5.91 Å². The summed E-state index contributed by atoms with van der Waals surface area (Å²) in [6, 6.07) is 8.87. The van der Waals surface area contributed by atoms with E-state index >= 15 is 0 Å². The molecule has 19 heavy (non-hydrogen) atoms. The predicted octanol–water partition coefficient (Wildman–Crippen LogP) is 2.22. The first-order valence-electron chi connectivity index (χ1n) is 7.27. The summed E-state index contributed by atoms with van der Waals surface area (Å²) in [6.45, 7) is 6.15. The van der Waals surface area contributed by atoms with Gasteiger partial charge in [0.1, 0.15) is 0 Å². The minimum atomic E-state index is 0.0605. The highest BCUT2D eigenvalue weighted by Gasteiger charge is 2.23. The number of rotatable bonds is 6. The molecule has 0 spiro atoms. The van der Waals surface area contributed by atoms with Crippen molar-refractivity contribution in [1.29, 1.82) is 0 Å². The fourth-order valence-corrected chi connectivity index (χ4v) is 2.21. The van der Waals surface area contributed by atoms with Gasteiger partial charge in [0.05, 0.1) is 6.04 Å². The molecule has 0 aromatic heterocycles. The highest BCUT2D eigenvalue weighted by Crippen LogP contribution is 2.15. The third kappa shape index (κ3) is 4.06. The molecule has 1 amide bonds. The molecule has 1 saturated heterocycles. The van der Waals surface area contributed by atoms with E-state index in [2.05, 4.69) is 48.7 Å². The van der Waals surface area contributed by atoms with Crippen LogP contribution in [0.4, 0.5) is 0 Å². The van der Waals surface area contributed by atoms with Crippen LogP contribution in [-0.2, 0) is 11.2 Å². The number of benzene rings is 1. The van der Waals surface area contributed by atoms with Gasteiger partial charge in [0.25, 0.3) is 0 Å². The van der Waals surface area contributed by atoms with Crippen LogP contribution in [0, 0.1) is 0 Å². The molecule has 3 heteroatoms. The quantitative estimate of drug-likeness (QED) is 0.770. The van der Waals surface area contributed by atoms with E-state index in [4.69, 9.17) is 0 Å². The van der Waals surface area contributed by atoms with Crippen LogP contribution in [0.15, 0.2) is 24.3 Å². The van der Waals surface area contributed by atoms with Gasteiger partial charge in [0, 0.05) is 6.54 Å². The Balaban J connectivity index is 1.66. The molecular weight excluding hydrogens is 236 g/mol. The molecule has 1 aromatic rings. The van der Waals surface area contributed by atoms with Gasteiger partial charge in [0.15, 0.2) is 0 Å². The van der Waals surface area contributed by atoms with E-state index in [1.165, 1.54) is 11.1 Å². The first kappa shape index (κ1) is 14.1. The lowest BCUT2D eigenvalue weighted by Gasteiger charge is -2.26. The minimum Gasteiger partial charge on any atom is -0.355 e. The second-order valence-electron chi connectivity index (χ2n) is 5.59. The molecule has 0 aliphatic carbocycles. The van der Waals surface area contributed by atoms with Crippen molar-refractivity contribution in [2.75, 3.05) is 13.1 Å². The van der Waals surface area contributed by atoms with Crippen molar-refractivity contribution in [3.05, 3.63) is 35.4 Å². The van der Waals surface area contributed by atoms with Gasteiger partial charge < -0.3 is 10.6 Å². The van der Waals surface area contributed by atoms with Crippen LogP contribution in [0.25, 0.3) is 0 Å². The average Bonchev–Trinajstić information content (AvgIpc) is 2.33. The maximum atomic E-state index is 11.6. The average molecular weight is 260 g/mol. The van der Waals surface area contributed by atoms with E-state index in [9.17, 15) is 4.79 Å². The van der Waals surface area contributed by atoms with Gasteiger partial charge in [-0.3, -0.25) is 4.79 Å². The Morgan fingerprint density at radius 3 is 2.58 bits per heavy atom. The molecule has 1 aromatic carbocycles. The third-order valence-electron chi connectivity index (χ3n) is 3.73. The van der Waals surface area contributed by atoms with Crippen molar-refractivity contribution in [3.63, 3.8) is 0 Å². The Hall–Kier alpha value is -1.35. The summed E-state index contributed by atoms with van der Waals surface area (Å²) in [5.74, 6) is 0.740. The lowest BCUT2D eigenvalue weighted by Crippen LogP contribution is -2.53. The lowest BCUT2D eigenvalue weighted by atomic mass is 10.0. The molecule has 2 N–H and O–H groups in total. The van der Waals surface area contributed by atoms with Gasteiger partial charge >= 0.3 is 0 Å². The molecule has 1 atom stereocenters. The monoisotopic (exact) mass is 260 g/mol. The van der Waals surface area contributed by atoms with Crippen LogP contribution in [0.2, 0.25) is 0 Å². The van der Waals surface area contributed by atoms with Crippen LogP contribution in [0.3, 0.4) is 0 Å². The number of hydrogen-bond acceptors (Lipinski definition) is 2. The Bertz CT molecular complexity index is 407. The molecule has 104 valence electrons. The first-order valence-corrected chi connectivity index (χ1v) is 7.27. The Morgan fingerprint density at radius 2 is 2.05 bits per heavy atom. The summed E-state index contributed by atoms with van der Waals surface area (Å²) in [4.78, 5) is 11.6. The molecule has 1 heterocycles. The molecule has 1 unspecified atom stereocenters. The number of carbonyl (C=O) groups excluding carboxylic acids is 1. The van der Waals surface area contributed by atoms with E-state index in [1.807, 2.05) is 0 Å². The number of aryl methyl sites for hydroxylation is 1. The Labute approximate surface area is 115 Å². The van der Waals surface area contributed by atoms with Crippen LogP contribution in [0.1, 0.15) is 43.7 Å². The zero-order valence-corrected chi connectivity index (χ0v) is 11.9. The smallest absolute Gasteiger partial charge is 0.237 e. The highest BCUT2D eigenvalue weighted by molar-refractivity contribution is 5.82. The van der Waals surface area contributed by atoms with Gasteiger partial charge in [-0.25, -0.2) is 0 Å². The molecule has 0 bridgehead atoms.